The summed E-state index contributed by atoms with van der Waals surface area (Å²) in [4.78, 5) is 21.0. The van der Waals surface area contributed by atoms with Crippen molar-refractivity contribution < 1.29 is 19.9 Å². The van der Waals surface area contributed by atoms with Crippen molar-refractivity contribution in [1.29, 1.82) is 0 Å². The van der Waals surface area contributed by atoms with Gasteiger partial charge in [-0.25, -0.2) is 4.79 Å². The van der Waals surface area contributed by atoms with Crippen LogP contribution >= 0.6 is 0 Å². The molecule has 0 radical (unpaired) electrons. The highest BCUT2D eigenvalue weighted by Gasteiger charge is 2.20. The van der Waals surface area contributed by atoms with Gasteiger partial charge in [0.05, 0.1) is 4.92 Å². The lowest BCUT2D eigenvalue weighted by Gasteiger charge is -2.20. The van der Waals surface area contributed by atoms with Crippen LogP contribution in [0.2, 0.25) is 0 Å². The third-order valence-electron chi connectivity index (χ3n) is 2.96. The van der Waals surface area contributed by atoms with E-state index >= 15 is 0 Å². The molecule has 0 saturated carbocycles. The molecule has 0 aliphatic rings. The van der Waals surface area contributed by atoms with Crippen LogP contribution in [0.4, 0.5) is 11.4 Å². The van der Waals surface area contributed by atoms with Gasteiger partial charge in [0.25, 0.3) is 5.69 Å². The zero-order chi connectivity index (χ0) is 14.6. The summed E-state index contributed by atoms with van der Waals surface area (Å²) in [5.74, 6) is -1.37. The third kappa shape index (κ3) is 3.65. The minimum absolute atomic E-state index is 0.00701. The number of nitro benzene ring substituents is 1. The number of aliphatic hydroxyl groups is 1. The topological polar surface area (TPSA) is 113 Å². The molecule has 7 heteroatoms. The minimum Gasteiger partial charge on any atom is -0.477 e. The predicted octanol–water partition coefficient (Wildman–Crippen LogP) is 1.72. The molecule has 19 heavy (non-hydrogen) atoms. The van der Waals surface area contributed by atoms with E-state index in [2.05, 4.69) is 5.32 Å². The molecule has 0 spiro atoms. The first-order valence-electron chi connectivity index (χ1n) is 5.76. The molecule has 2 unspecified atom stereocenters. The SMILES string of the molecule is CC(CO)C(C)Nc1ccc([N+](=O)[O-])c(C(=O)O)c1. The second-order valence-corrected chi connectivity index (χ2v) is 4.39. The number of nitrogens with one attached hydrogen (secondary N) is 1. The van der Waals surface area contributed by atoms with Crippen molar-refractivity contribution in [2.24, 2.45) is 5.92 Å². The van der Waals surface area contributed by atoms with Crippen LogP contribution in [0.5, 0.6) is 0 Å². The normalized spacial score (nSPS) is 13.6. The fourth-order valence-electron chi connectivity index (χ4n) is 1.52. The number of rotatable bonds is 6. The molecule has 0 aliphatic heterocycles. The Morgan fingerprint density at radius 1 is 1.47 bits per heavy atom. The molecule has 0 amide bonds. The van der Waals surface area contributed by atoms with Crippen LogP contribution in [0, 0.1) is 16.0 Å². The van der Waals surface area contributed by atoms with Gasteiger partial charge in [0.2, 0.25) is 0 Å². The number of anilines is 1. The molecule has 104 valence electrons. The van der Waals surface area contributed by atoms with Crippen molar-refractivity contribution in [2.45, 2.75) is 19.9 Å². The zero-order valence-electron chi connectivity index (χ0n) is 10.7. The van der Waals surface area contributed by atoms with E-state index in [1.165, 1.54) is 12.1 Å². The number of carbonyl (C=O) groups is 1. The van der Waals surface area contributed by atoms with Crippen molar-refractivity contribution in [1.82, 2.24) is 0 Å². The quantitative estimate of drug-likeness (QED) is 0.535. The molecule has 1 aromatic carbocycles. The summed E-state index contributed by atoms with van der Waals surface area (Å²) < 4.78 is 0. The molecule has 0 bridgehead atoms. The van der Waals surface area contributed by atoms with Gasteiger partial charge in [-0.1, -0.05) is 6.92 Å². The van der Waals surface area contributed by atoms with Gasteiger partial charge in [-0.3, -0.25) is 10.1 Å². The maximum absolute atomic E-state index is 11.0. The molecule has 1 aromatic rings. The van der Waals surface area contributed by atoms with Crippen LogP contribution in [0.3, 0.4) is 0 Å². The van der Waals surface area contributed by atoms with Gasteiger partial charge in [0, 0.05) is 24.4 Å². The van der Waals surface area contributed by atoms with Gasteiger partial charge >= 0.3 is 5.97 Å². The van der Waals surface area contributed by atoms with E-state index in [0.717, 1.165) is 6.07 Å². The second-order valence-electron chi connectivity index (χ2n) is 4.39. The summed E-state index contributed by atoms with van der Waals surface area (Å²) >= 11 is 0. The number of hydrogen-bond acceptors (Lipinski definition) is 5. The van der Waals surface area contributed by atoms with E-state index in [4.69, 9.17) is 10.2 Å². The summed E-state index contributed by atoms with van der Waals surface area (Å²) in [6.45, 7) is 3.66. The average Bonchev–Trinajstić information content (AvgIpc) is 2.37. The fraction of sp³-hybridized carbons (Fsp3) is 0.417. The molecule has 0 aromatic heterocycles. The van der Waals surface area contributed by atoms with Crippen molar-refractivity contribution in [3.05, 3.63) is 33.9 Å². The number of carboxylic acid groups (broad SMARTS) is 1. The number of nitrogens with zero attached hydrogens (tertiary/aromatic N) is 1. The first-order chi connectivity index (χ1) is 8.86. The van der Waals surface area contributed by atoms with E-state index in [-0.39, 0.29) is 24.1 Å². The lowest BCUT2D eigenvalue weighted by Crippen LogP contribution is -2.26. The van der Waals surface area contributed by atoms with Gasteiger partial charge in [-0.05, 0) is 25.0 Å². The standard InChI is InChI=1S/C12H16N2O5/c1-7(6-15)8(2)13-9-3-4-11(14(18)19)10(5-9)12(16)17/h3-5,7-8,13,15H,6H2,1-2H3,(H,16,17). The van der Waals surface area contributed by atoms with Gasteiger partial charge in [0.1, 0.15) is 5.56 Å². The Bertz CT molecular complexity index is 489. The number of aromatic carboxylic acids is 1. The van der Waals surface area contributed by atoms with E-state index < -0.39 is 16.6 Å². The van der Waals surface area contributed by atoms with Crippen molar-refractivity contribution >= 4 is 17.3 Å². The van der Waals surface area contributed by atoms with Crippen LogP contribution < -0.4 is 5.32 Å². The lowest BCUT2D eigenvalue weighted by molar-refractivity contribution is -0.385. The van der Waals surface area contributed by atoms with Crippen molar-refractivity contribution in [3.8, 4) is 0 Å². The number of nitro groups is 1. The smallest absolute Gasteiger partial charge is 0.342 e. The maximum Gasteiger partial charge on any atom is 0.342 e. The second kappa shape index (κ2) is 6.14. The molecular weight excluding hydrogens is 252 g/mol. The minimum atomic E-state index is -1.35. The van der Waals surface area contributed by atoms with Crippen LogP contribution in [-0.2, 0) is 0 Å². The molecule has 0 saturated heterocycles. The van der Waals surface area contributed by atoms with Gasteiger partial charge in [-0.2, -0.15) is 0 Å². The largest absolute Gasteiger partial charge is 0.477 e. The van der Waals surface area contributed by atoms with Crippen molar-refractivity contribution in [3.63, 3.8) is 0 Å². The van der Waals surface area contributed by atoms with Crippen LogP contribution in [0.1, 0.15) is 24.2 Å². The van der Waals surface area contributed by atoms with E-state index in [1.807, 2.05) is 13.8 Å². The van der Waals surface area contributed by atoms with Gasteiger partial charge in [-0.15, -0.1) is 0 Å². The summed E-state index contributed by atoms with van der Waals surface area (Å²) in [6.07, 6.45) is 0. The Hall–Kier alpha value is -2.15. The third-order valence-corrected chi connectivity index (χ3v) is 2.96. The fourth-order valence-corrected chi connectivity index (χ4v) is 1.52. The number of aliphatic hydroxyl groups excluding tert-OH is 1. The molecule has 2 atom stereocenters. The number of carboxylic acids is 1. The van der Waals surface area contributed by atoms with Crippen molar-refractivity contribution in [2.75, 3.05) is 11.9 Å². The average molecular weight is 268 g/mol. The first-order valence-corrected chi connectivity index (χ1v) is 5.76. The Morgan fingerprint density at radius 2 is 2.11 bits per heavy atom. The van der Waals surface area contributed by atoms with E-state index in [9.17, 15) is 14.9 Å². The highest BCUT2D eigenvalue weighted by atomic mass is 16.6. The van der Waals surface area contributed by atoms with E-state index in [0.29, 0.717) is 5.69 Å². The maximum atomic E-state index is 11.0. The van der Waals surface area contributed by atoms with Crippen LogP contribution in [0.15, 0.2) is 18.2 Å². The molecule has 1 rings (SSSR count). The summed E-state index contributed by atoms with van der Waals surface area (Å²) in [6, 6.07) is 3.74. The lowest BCUT2D eigenvalue weighted by atomic mass is 10.0. The summed E-state index contributed by atoms with van der Waals surface area (Å²) in [5, 5.41) is 31.7. The predicted molar refractivity (Wildman–Crippen MR) is 69.4 cm³/mol. The summed E-state index contributed by atoms with van der Waals surface area (Å²) in [7, 11) is 0. The zero-order valence-corrected chi connectivity index (χ0v) is 10.7. The van der Waals surface area contributed by atoms with Gasteiger partial charge in [0.15, 0.2) is 0 Å². The Morgan fingerprint density at radius 3 is 2.58 bits per heavy atom. The Kier molecular flexibility index (Phi) is 4.82. The molecule has 7 nitrogen and oxygen atoms in total. The highest BCUT2D eigenvalue weighted by Crippen LogP contribution is 2.23. The Balaban J connectivity index is 3.02. The molecular formula is C12H16N2O5. The van der Waals surface area contributed by atoms with Crippen LogP contribution in [0.25, 0.3) is 0 Å². The molecule has 0 aliphatic carbocycles. The van der Waals surface area contributed by atoms with Crippen LogP contribution in [-0.4, -0.2) is 33.8 Å². The summed E-state index contributed by atoms with van der Waals surface area (Å²) in [5.41, 5.74) is -0.337. The highest BCUT2D eigenvalue weighted by molar-refractivity contribution is 5.93. The van der Waals surface area contributed by atoms with Gasteiger partial charge < -0.3 is 15.5 Å². The number of benzene rings is 1. The molecule has 3 N–H and O–H groups in total. The monoisotopic (exact) mass is 268 g/mol. The first kappa shape index (κ1) is 14.9. The molecule has 0 fully saturated rings. The van der Waals surface area contributed by atoms with E-state index in [1.54, 1.807) is 0 Å². The Labute approximate surface area is 110 Å². The number of hydrogen-bond donors (Lipinski definition) is 3. The molecule has 0 heterocycles.